The summed E-state index contributed by atoms with van der Waals surface area (Å²) in [4.78, 5) is 0. The lowest BCUT2D eigenvalue weighted by atomic mass is 10.2. The van der Waals surface area contributed by atoms with Gasteiger partial charge in [0.2, 0.25) is 0 Å². The summed E-state index contributed by atoms with van der Waals surface area (Å²) in [5, 5.41) is 3.44. The second kappa shape index (κ2) is 11.0. The SMILES string of the molecule is C=CC(CC)NCCCCC.Cl. The standard InChI is InChI=1S/C10H21N.ClH/c1-4-7-8-9-11-10(5-2)6-3;/h5,10-11H,2,4,6-9H2,1,3H3;1H. The molecule has 12 heavy (non-hydrogen) atoms. The Labute approximate surface area is 83.0 Å². The lowest BCUT2D eigenvalue weighted by molar-refractivity contribution is 0.549. The van der Waals surface area contributed by atoms with E-state index in [1.54, 1.807) is 0 Å². The first-order chi connectivity index (χ1) is 5.35. The minimum Gasteiger partial charge on any atom is -0.311 e. The van der Waals surface area contributed by atoms with Gasteiger partial charge in [-0.15, -0.1) is 19.0 Å². The topological polar surface area (TPSA) is 12.0 Å². The van der Waals surface area contributed by atoms with Crippen LogP contribution < -0.4 is 5.32 Å². The molecule has 2 heteroatoms. The number of nitrogens with one attached hydrogen (secondary N) is 1. The van der Waals surface area contributed by atoms with Gasteiger partial charge in [0.15, 0.2) is 0 Å². The van der Waals surface area contributed by atoms with Crippen LogP contribution >= 0.6 is 12.4 Å². The van der Waals surface area contributed by atoms with Crippen molar-refractivity contribution >= 4 is 12.4 Å². The first kappa shape index (κ1) is 14.5. The maximum absolute atomic E-state index is 3.77. The first-order valence-electron chi connectivity index (χ1n) is 4.71. The van der Waals surface area contributed by atoms with Gasteiger partial charge in [0.1, 0.15) is 0 Å². The zero-order valence-corrected chi connectivity index (χ0v) is 9.12. The summed E-state index contributed by atoms with van der Waals surface area (Å²) in [7, 11) is 0. The van der Waals surface area contributed by atoms with E-state index in [0.29, 0.717) is 6.04 Å². The van der Waals surface area contributed by atoms with Crippen LogP contribution in [0.1, 0.15) is 39.5 Å². The lowest BCUT2D eigenvalue weighted by Gasteiger charge is -2.11. The summed E-state index contributed by atoms with van der Waals surface area (Å²) in [6.07, 6.45) is 7.07. The van der Waals surface area contributed by atoms with Gasteiger partial charge in [-0.25, -0.2) is 0 Å². The Morgan fingerprint density at radius 1 is 1.33 bits per heavy atom. The predicted octanol–water partition coefficient (Wildman–Crippen LogP) is 3.15. The lowest BCUT2D eigenvalue weighted by Crippen LogP contribution is -2.26. The first-order valence-corrected chi connectivity index (χ1v) is 4.71. The van der Waals surface area contributed by atoms with E-state index in [9.17, 15) is 0 Å². The molecule has 0 aromatic rings. The summed E-state index contributed by atoms with van der Waals surface area (Å²) in [6, 6.07) is 0.520. The molecule has 0 radical (unpaired) electrons. The number of hydrogen-bond acceptors (Lipinski definition) is 1. The fourth-order valence-electron chi connectivity index (χ4n) is 1.06. The van der Waals surface area contributed by atoms with Gasteiger partial charge in [0, 0.05) is 6.04 Å². The molecule has 0 saturated carbocycles. The van der Waals surface area contributed by atoms with Crippen molar-refractivity contribution < 1.29 is 0 Å². The third kappa shape index (κ3) is 8.09. The van der Waals surface area contributed by atoms with Crippen molar-refractivity contribution in [1.82, 2.24) is 5.32 Å². The molecule has 0 rings (SSSR count). The Kier molecular flexibility index (Phi) is 13.3. The number of hydrogen-bond donors (Lipinski definition) is 1. The van der Waals surface area contributed by atoms with Crippen molar-refractivity contribution in [3.63, 3.8) is 0 Å². The normalized spacial score (nSPS) is 11.8. The van der Waals surface area contributed by atoms with Crippen molar-refractivity contribution in [2.45, 2.75) is 45.6 Å². The van der Waals surface area contributed by atoms with Gasteiger partial charge in [-0.2, -0.15) is 0 Å². The molecular weight excluding hydrogens is 170 g/mol. The van der Waals surface area contributed by atoms with E-state index in [4.69, 9.17) is 0 Å². The quantitative estimate of drug-likeness (QED) is 0.482. The smallest absolute Gasteiger partial charge is 0.0244 e. The summed E-state index contributed by atoms with van der Waals surface area (Å²) in [5.41, 5.74) is 0. The minimum atomic E-state index is 0. The molecule has 0 saturated heterocycles. The van der Waals surface area contributed by atoms with E-state index in [0.717, 1.165) is 13.0 Å². The second-order valence-electron chi connectivity index (χ2n) is 2.91. The van der Waals surface area contributed by atoms with Crippen LogP contribution in [0.25, 0.3) is 0 Å². The van der Waals surface area contributed by atoms with Crippen LogP contribution in [0.5, 0.6) is 0 Å². The van der Waals surface area contributed by atoms with Gasteiger partial charge in [-0.05, 0) is 19.4 Å². The van der Waals surface area contributed by atoms with Crippen LogP contribution in [-0.2, 0) is 0 Å². The van der Waals surface area contributed by atoms with E-state index < -0.39 is 0 Å². The molecule has 0 amide bonds. The molecule has 0 aliphatic heterocycles. The number of halogens is 1. The van der Waals surface area contributed by atoms with Crippen LogP contribution in [0, 0.1) is 0 Å². The second-order valence-corrected chi connectivity index (χ2v) is 2.91. The summed E-state index contributed by atoms with van der Waals surface area (Å²) in [5.74, 6) is 0. The third-order valence-electron chi connectivity index (χ3n) is 1.91. The van der Waals surface area contributed by atoms with Crippen molar-refractivity contribution in [2.24, 2.45) is 0 Å². The molecule has 1 nitrogen and oxygen atoms in total. The van der Waals surface area contributed by atoms with Crippen molar-refractivity contribution in [3.05, 3.63) is 12.7 Å². The average molecular weight is 192 g/mol. The summed E-state index contributed by atoms with van der Waals surface area (Å²) in [6.45, 7) is 9.31. The monoisotopic (exact) mass is 191 g/mol. The highest BCUT2D eigenvalue weighted by Gasteiger charge is 1.96. The van der Waals surface area contributed by atoms with Crippen molar-refractivity contribution in [3.8, 4) is 0 Å². The van der Waals surface area contributed by atoms with Crippen LogP contribution in [-0.4, -0.2) is 12.6 Å². The Hall–Kier alpha value is -0.0100. The maximum atomic E-state index is 3.77. The highest BCUT2D eigenvalue weighted by molar-refractivity contribution is 5.85. The highest BCUT2D eigenvalue weighted by atomic mass is 35.5. The van der Waals surface area contributed by atoms with Crippen LogP contribution in [0.3, 0.4) is 0 Å². The molecular formula is C10H22ClN. The van der Waals surface area contributed by atoms with Gasteiger partial charge >= 0.3 is 0 Å². The average Bonchev–Trinajstić information content (AvgIpc) is 2.05. The molecule has 1 N–H and O–H groups in total. The Bertz CT molecular complexity index is 93.8. The molecule has 0 fully saturated rings. The molecule has 1 atom stereocenters. The summed E-state index contributed by atoms with van der Waals surface area (Å²) < 4.78 is 0. The summed E-state index contributed by atoms with van der Waals surface area (Å²) >= 11 is 0. The number of unbranched alkanes of at least 4 members (excludes halogenated alkanes) is 2. The largest absolute Gasteiger partial charge is 0.311 e. The maximum Gasteiger partial charge on any atom is 0.0244 e. The van der Waals surface area contributed by atoms with Gasteiger partial charge < -0.3 is 5.32 Å². The van der Waals surface area contributed by atoms with Crippen LogP contribution in [0.2, 0.25) is 0 Å². The van der Waals surface area contributed by atoms with Crippen molar-refractivity contribution in [1.29, 1.82) is 0 Å². The van der Waals surface area contributed by atoms with Gasteiger partial charge in [0.05, 0.1) is 0 Å². The number of rotatable bonds is 7. The highest BCUT2D eigenvalue weighted by Crippen LogP contribution is 1.95. The third-order valence-corrected chi connectivity index (χ3v) is 1.91. The molecule has 0 aromatic heterocycles. The molecule has 0 aliphatic rings. The van der Waals surface area contributed by atoms with Crippen LogP contribution in [0.15, 0.2) is 12.7 Å². The Balaban J connectivity index is 0. The Morgan fingerprint density at radius 2 is 2.00 bits per heavy atom. The molecule has 0 spiro atoms. The van der Waals surface area contributed by atoms with Gasteiger partial charge in [0.25, 0.3) is 0 Å². The molecule has 0 aliphatic carbocycles. The zero-order valence-electron chi connectivity index (χ0n) is 8.31. The minimum absolute atomic E-state index is 0. The van der Waals surface area contributed by atoms with E-state index in [1.165, 1.54) is 19.3 Å². The van der Waals surface area contributed by atoms with E-state index in [-0.39, 0.29) is 12.4 Å². The van der Waals surface area contributed by atoms with E-state index >= 15 is 0 Å². The molecule has 74 valence electrons. The zero-order chi connectivity index (χ0) is 8.53. The predicted molar refractivity (Wildman–Crippen MR) is 59.1 cm³/mol. The molecule has 1 unspecified atom stereocenters. The Morgan fingerprint density at radius 3 is 2.42 bits per heavy atom. The van der Waals surface area contributed by atoms with E-state index in [1.807, 2.05) is 6.08 Å². The molecule has 0 aromatic carbocycles. The molecule has 0 heterocycles. The van der Waals surface area contributed by atoms with Crippen molar-refractivity contribution in [2.75, 3.05) is 6.54 Å². The van der Waals surface area contributed by atoms with Gasteiger partial charge in [-0.1, -0.05) is 32.8 Å². The van der Waals surface area contributed by atoms with Gasteiger partial charge in [-0.3, -0.25) is 0 Å². The fourth-order valence-corrected chi connectivity index (χ4v) is 1.06. The molecule has 0 bridgehead atoms. The fraction of sp³-hybridized carbons (Fsp3) is 0.800. The van der Waals surface area contributed by atoms with E-state index in [2.05, 4.69) is 25.7 Å². The van der Waals surface area contributed by atoms with Crippen LogP contribution in [0.4, 0.5) is 0 Å².